The minimum Gasteiger partial charge on any atom is -0.497 e. The summed E-state index contributed by atoms with van der Waals surface area (Å²) in [5, 5.41) is 17.4. The van der Waals surface area contributed by atoms with E-state index in [9.17, 15) is 0 Å². The van der Waals surface area contributed by atoms with Gasteiger partial charge in [0.05, 0.1) is 37.0 Å². The van der Waals surface area contributed by atoms with Crippen molar-refractivity contribution >= 4 is 41.4 Å². The Morgan fingerprint density at radius 3 is 2.61 bits per heavy atom. The number of ether oxygens (including phenoxy) is 2. The monoisotopic (exact) mass is 587 g/mol. The number of H-pyrrole nitrogens is 1. The Morgan fingerprint density at radius 1 is 1.05 bits per heavy atom. The molecule has 0 saturated carbocycles. The number of pyridine rings is 1. The van der Waals surface area contributed by atoms with E-state index in [4.69, 9.17) is 14.7 Å². The van der Waals surface area contributed by atoms with E-state index < -0.39 is 0 Å². The molecule has 0 saturated heterocycles. The zero-order chi connectivity index (χ0) is 26.6. The Labute approximate surface area is 251 Å². The van der Waals surface area contributed by atoms with Crippen LogP contribution in [0.5, 0.6) is 11.6 Å². The van der Waals surface area contributed by atoms with Crippen LogP contribution in [0.25, 0.3) is 22.2 Å². The summed E-state index contributed by atoms with van der Waals surface area (Å²) in [5.74, 6) is 1.43. The molecule has 3 N–H and O–H groups in total. The summed E-state index contributed by atoms with van der Waals surface area (Å²) in [6, 6.07) is 30.5. The number of nitrogens with zero attached hydrogens (tertiary/aromatic N) is 2. The summed E-state index contributed by atoms with van der Waals surface area (Å²) in [6.45, 7) is 1.42. The fourth-order valence-corrected chi connectivity index (χ4v) is 5.04. The normalized spacial score (nSPS) is 14.3. The minimum atomic E-state index is -0.139. The van der Waals surface area contributed by atoms with Crippen LogP contribution in [0.15, 0.2) is 91.1 Å². The lowest BCUT2D eigenvalue weighted by Gasteiger charge is -2.33. The molecule has 9 heteroatoms. The van der Waals surface area contributed by atoms with Crippen LogP contribution in [0, 0.1) is 11.3 Å². The average molecular weight is 589 g/mol. The van der Waals surface area contributed by atoms with Crippen LogP contribution < -0.4 is 20.1 Å². The molecule has 210 valence electrons. The number of nitrogens with one attached hydrogen (secondary N) is 3. The van der Waals surface area contributed by atoms with Crippen molar-refractivity contribution in [2.45, 2.75) is 18.6 Å². The molecule has 0 fully saturated rings. The Kier molecular flexibility index (Phi) is 9.74. The van der Waals surface area contributed by atoms with Crippen LogP contribution in [0.2, 0.25) is 0 Å². The smallest absolute Gasteiger partial charge is 0.237 e. The molecule has 6 rings (SSSR count). The number of fused-ring (bicyclic) bond motifs is 2. The van der Waals surface area contributed by atoms with Crippen LogP contribution in [-0.2, 0) is 6.42 Å². The fourth-order valence-electron chi connectivity index (χ4n) is 5.04. The third-order valence-corrected chi connectivity index (χ3v) is 7.14. The van der Waals surface area contributed by atoms with Gasteiger partial charge in [0.25, 0.3) is 0 Å². The van der Waals surface area contributed by atoms with Crippen molar-refractivity contribution in [3.63, 3.8) is 0 Å². The molecule has 1 aliphatic heterocycles. The van der Waals surface area contributed by atoms with E-state index in [2.05, 4.69) is 63.1 Å². The van der Waals surface area contributed by atoms with Crippen LogP contribution in [-0.4, -0.2) is 36.3 Å². The molecule has 2 aromatic heterocycles. The molecular weight excluding hydrogens is 557 g/mol. The van der Waals surface area contributed by atoms with Crippen molar-refractivity contribution < 1.29 is 9.47 Å². The first-order valence-electron chi connectivity index (χ1n) is 13.1. The highest BCUT2D eigenvalue weighted by Gasteiger charge is 2.29. The van der Waals surface area contributed by atoms with Crippen LogP contribution in [0.1, 0.15) is 22.7 Å². The Hall–Kier alpha value is -4.22. The van der Waals surface area contributed by atoms with Gasteiger partial charge in [0.1, 0.15) is 11.9 Å². The second-order valence-electron chi connectivity index (χ2n) is 9.65. The number of aromatic amines is 1. The minimum absolute atomic E-state index is 0. The molecule has 7 nitrogen and oxygen atoms in total. The second-order valence-corrected chi connectivity index (χ2v) is 9.65. The summed E-state index contributed by atoms with van der Waals surface area (Å²) in [7, 11) is 1.67. The molecule has 0 amide bonds. The van der Waals surface area contributed by atoms with Crippen molar-refractivity contribution in [2.24, 2.45) is 0 Å². The topological polar surface area (TPSA) is 95.0 Å². The first-order chi connectivity index (χ1) is 19.2. The van der Waals surface area contributed by atoms with Crippen molar-refractivity contribution in [2.75, 3.05) is 25.5 Å². The largest absolute Gasteiger partial charge is 0.497 e. The lowest BCUT2D eigenvalue weighted by molar-refractivity contribution is 0.150. The summed E-state index contributed by atoms with van der Waals surface area (Å²) < 4.78 is 11.8. The molecular formula is C32H31Cl2N5O2. The number of anilines is 1. The van der Waals surface area contributed by atoms with Gasteiger partial charge in [-0.15, -0.1) is 24.8 Å². The van der Waals surface area contributed by atoms with E-state index in [1.165, 1.54) is 5.56 Å². The van der Waals surface area contributed by atoms with Crippen molar-refractivity contribution in [1.29, 1.82) is 5.26 Å². The number of nitriles is 1. The maximum Gasteiger partial charge on any atom is 0.237 e. The highest BCUT2D eigenvalue weighted by molar-refractivity contribution is 5.87. The van der Waals surface area contributed by atoms with Gasteiger partial charge in [-0.2, -0.15) is 5.26 Å². The molecule has 0 bridgehead atoms. The average Bonchev–Trinajstić information content (AvgIpc) is 3.43. The Morgan fingerprint density at radius 2 is 1.85 bits per heavy atom. The van der Waals surface area contributed by atoms with Crippen LogP contribution in [0.3, 0.4) is 0 Å². The third kappa shape index (κ3) is 6.58. The van der Waals surface area contributed by atoms with Crippen molar-refractivity contribution in [1.82, 2.24) is 15.3 Å². The van der Waals surface area contributed by atoms with Crippen LogP contribution >= 0.6 is 24.8 Å². The van der Waals surface area contributed by atoms with Gasteiger partial charge in [0.2, 0.25) is 5.88 Å². The van der Waals surface area contributed by atoms with E-state index in [1.54, 1.807) is 7.11 Å². The van der Waals surface area contributed by atoms with Gasteiger partial charge in [-0.1, -0.05) is 42.5 Å². The van der Waals surface area contributed by atoms with E-state index in [0.29, 0.717) is 18.0 Å². The van der Waals surface area contributed by atoms with Crippen molar-refractivity contribution in [3.05, 3.63) is 108 Å². The summed E-state index contributed by atoms with van der Waals surface area (Å²) in [5.41, 5.74) is 6.93. The number of benzene rings is 3. The molecule has 0 aliphatic carbocycles. The molecule has 0 unspecified atom stereocenters. The van der Waals surface area contributed by atoms with Gasteiger partial charge < -0.3 is 25.1 Å². The Bertz CT molecular complexity index is 1630. The molecule has 1 aliphatic rings. The number of rotatable bonds is 8. The number of aromatic nitrogens is 2. The van der Waals surface area contributed by atoms with Gasteiger partial charge in [-0.3, -0.25) is 0 Å². The first-order valence-corrected chi connectivity index (χ1v) is 13.1. The Balaban J connectivity index is 0.00000194. The predicted octanol–water partition coefficient (Wildman–Crippen LogP) is 6.70. The van der Waals surface area contributed by atoms with Crippen molar-refractivity contribution in [3.8, 4) is 29.0 Å². The summed E-state index contributed by atoms with van der Waals surface area (Å²) in [4.78, 5) is 8.16. The predicted molar refractivity (Wildman–Crippen MR) is 168 cm³/mol. The van der Waals surface area contributed by atoms with E-state index >= 15 is 0 Å². The second kappa shape index (κ2) is 13.4. The molecule has 3 heterocycles. The zero-order valence-corrected chi connectivity index (χ0v) is 24.1. The number of hydrogen-bond donors (Lipinski definition) is 3. The highest BCUT2D eigenvalue weighted by Crippen LogP contribution is 2.35. The zero-order valence-electron chi connectivity index (χ0n) is 22.5. The number of methoxy groups -OCH3 is 1. The molecule has 41 heavy (non-hydrogen) atoms. The third-order valence-electron chi connectivity index (χ3n) is 7.14. The lowest BCUT2D eigenvalue weighted by atomic mass is 9.99. The SMILES string of the molecule is COc1ccc2[nH]c(-c3cnc4c(c3)NC[C@@H]([C@H](NCCc3ccc(C#N)cc3)c3ccccc3)O4)cc2c1.Cl.Cl. The highest BCUT2D eigenvalue weighted by atomic mass is 35.5. The number of hydrogen-bond acceptors (Lipinski definition) is 6. The van der Waals surface area contributed by atoms with E-state index in [0.717, 1.165) is 52.1 Å². The van der Waals surface area contributed by atoms with Gasteiger partial charge in [-0.05, 0) is 66.6 Å². The first kappa shape index (κ1) is 29.8. The maximum absolute atomic E-state index is 9.05. The standard InChI is InChI=1S/C32H29N5O2.2ClH/c1-38-26-11-12-27-24(15-26)16-28(37-27)25-17-29-32(36-19-25)39-30(20-35-29)31(23-5-3-2-4-6-23)34-14-13-21-7-9-22(18-33)10-8-21;;/h2-12,15-17,19,30-31,34-35,37H,13-14,20H2,1H3;2*1H/t30-,31+;;/m0../s1. The molecule has 0 radical (unpaired) electrons. The van der Waals surface area contributed by atoms with E-state index in [-0.39, 0.29) is 37.0 Å². The quantitative estimate of drug-likeness (QED) is 0.187. The van der Waals surface area contributed by atoms with Gasteiger partial charge in [0.15, 0.2) is 0 Å². The van der Waals surface area contributed by atoms with Crippen LogP contribution in [0.4, 0.5) is 5.69 Å². The summed E-state index contributed by atoms with van der Waals surface area (Å²) >= 11 is 0. The molecule has 0 spiro atoms. The molecule has 5 aromatic rings. The van der Waals surface area contributed by atoms with Gasteiger partial charge >= 0.3 is 0 Å². The summed E-state index contributed by atoms with van der Waals surface area (Å²) in [6.07, 6.45) is 2.56. The van der Waals surface area contributed by atoms with Gasteiger partial charge in [0, 0.05) is 28.4 Å². The molecule has 2 atom stereocenters. The number of halogens is 2. The maximum atomic E-state index is 9.05. The van der Waals surface area contributed by atoms with E-state index in [1.807, 2.05) is 54.7 Å². The van der Waals surface area contributed by atoms with Gasteiger partial charge in [-0.25, -0.2) is 4.98 Å². The molecule has 3 aromatic carbocycles. The lowest BCUT2D eigenvalue weighted by Crippen LogP contribution is -2.43. The fraction of sp³-hybridized carbons (Fsp3) is 0.188.